The molecule has 0 spiro atoms. The van der Waals surface area contributed by atoms with Crippen molar-refractivity contribution in [2.45, 2.75) is 12.8 Å². The van der Waals surface area contributed by atoms with E-state index < -0.39 is 0 Å². The van der Waals surface area contributed by atoms with E-state index in [0.29, 0.717) is 17.3 Å². The minimum Gasteiger partial charge on any atom is -0.282 e. The lowest BCUT2D eigenvalue weighted by atomic mass is 10.3. The average Bonchev–Trinajstić information content (AvgIpc) is 2.59. The molecule has 78 valence electrons. The summed E-state index contributed by atoms with van der Waals surface area (Å²) in [5.41, 5.74) is 0.688. The van der Waals surface area contributed by atoms with Gasteiger partial charge in [-0.15, -0.1) is 21.8 Å². The molecule has 0 atom stereocenters. The first kappa shape index (κ1) is 10.1. The van der Waals surface area contributed by atoms with E-state index in [0.717, 1.165) is 0 Å². The fourth-order valence-electron chi connectivity index (χ4n) is 1.44. The minimum absolute atomic E-state index is 0.247. The van der Waals surface area contributed by atoms with Crippen LogP contribution in [0.5, 0.6) is 0 Å². The number of halogens is 2. The molecule has 2 rings (SSSR count). The van der Waals surface area contributed by atoms with Crippen LogP contribution in [0, 0.1) is 12.7 Å². The molecule has 15 heavy (non-hydrogen) atoms. The Morgan fingerprint density at radius 1 is 1.40 bits per heavy atom. The number of benzene rings is 1. The van der Waals surface area contributed by atoms with E-state index in [2.05, 4.69) is 10.2 Å². The van der Waals surface area contributed by atoms with Crippen LogP contribution in [0.25, 0.3) is 5.69 Å². The third-order valence-corrected chi connectivity index (χ3v) is 2.32. The molecule has 2 aromatic rings. The summed E-state index contributed by atoms with van der Waals surface area (Å²) >= 11 is 5.72. The first-order chi connectivity index (χ1) is 7.22. The zero-order valence-electron chi connectivity index (χ0n) is 8.11. The van der Waals surface area contributed by atoms with Crippen LogP contribution in [0.3, 0.4) is 0 Å². The molecule has 1 aromatic carbocycles. The van der Waals surface area contributed by atoms with Gasteiger partial charge in [0.15, 0.2) is 5.82 Å². The van der Waals surface area contributed by atoms with Gasteiger partial charge in [-0.1, -0.05) is 6.07 Å². The topological polar surface area (TPSA) is 30.7 Å². The van der Waals surface area contributed by atoms with Gasteiger partial charge in [0.05, 0.1) is 11.6 Å². The van der Waals surface area contributed by atoms with E-state index in [4.69, 9.17) is 11.6 Å². The highest BCUT2D eigenvalue weighted by atomic mass is 35.5. The molecule has 1 aromatic heterocycles. The summed E-state index contributed by atoms with van der Waals surface area (Å²) < 4.78 is 14.8. The third kappa shape index (κ3) is 1.85. The van der Waals surface area contributed by atoms with E-state index in [1.807, 2.05) is 0 Å². The van der Waals surface area contributed by atoms with Crippen LogP contribution in [-0.4, -0.2) is 14.8 Å². The van der Waals surface area contributed by atoms with Crippen molar-refractivity contribution in [1.82, 2.24) is 14.8 Å². The van der Waals surface area contributed by atoms with Crippen molar-refractivity contribution in [3.8, 4) is 5.69 Å². The van der Waals surface area contributed by atoms with Gasteiger partial charge in [-0.05, 0) is 25.1 Å². The Morgan fingerprint density at radius 2 is 2.20 bits per heavy atom. The Bertz CT molecular complexity index is 481. The number of aromatic nitrogens is 3. The molecular formula is C10H9ClFN3. The van der Waals surface area contributed by atoms with Crippen molar-refractivity contribution in [2.75, 3.05) is 0 Å². The van der Waals surface area contributed by atoms with Gasteiger partial charge in [-0.3, -0.25) is 4.57 Å². The van der Waals surface area contributed by atoms with E-state index in [-0.39, 0.29) is 11.7 Å². The summed E-state index contributed by atoms with van der Waals surface area (Å²) in [6, 6.07) is 6.24. The van der Waals surface area contributed by atoms with Crippen LogP contribution in [0.4, 0.5) is 4.39 Å². The molecule has 0 aliphatic carbocycles. The van der Waals surface area contributed by atoms with Crippen molar-refractivity contribution in [1.29, 1.82) is 0 Å². The maximum Gasteiger partial charge on any atom is 0.152 e. The van der Waals surface area contributed by atoms with E-state index in [9.17, 15) is 4.39 Å². The molecule has 0 fully saturated rings. The lowest BCUT2D eigenvalue weighted by molar-refractivity contribution is 0.626. The Kier molecular flexibility index (Phi) is 2.68. The average molecular weight is 226 g/mol. The standard InChI is InChI=1S/C10H9ClFN3/c1-7-13-14-10(6-11)15(7)9-4-2-3-8(12)5-9/h2-5H,6H2,1H3. The van der Waals surface area contributed by atoms with Gasteiger partial charge in [0, 0.05) is 0 Å². The van der Waals surface area contributed by atoms with Crippen LogP contribution in [0.1, 0.15) is 11.6 Å². The Hall–Kier alpha value is -1.42. The summed E-state index contributed by atoms with van der Waals surface area (Å²) in [5, 5.41) is 7.80. The van der Waals surface area contributed by atoms with Gasteiger partial charge in [-0.25, -0.2) is 4.39 Å². The zero-order chi connectivity index (χ0) is 10.8. The van der Waals surface area contributed by atoms with E-state index in [1.165, 1.54) is 12.1 Å². The summed E-state index contributed by atoms with van der Waals surface area (Å²) in [7, 11) is 0. The highest BCUT2D eigenvalue weighted by Gasteiger charge is 2.09. The lowest BCUT2D eigenvalue weighted by Crippen LogP contribution is -2.01. The zero-order valence-corrected chi connectivity index (χ0v) is 8.87. The molecule has 0 N–H and O–H groups in total. The summed E-state index contributed by atoms with van der Waals surface area (Å²) in [4.78, 5) is 0. The molecule has 1 heterocycles. The number of nitrogens with zero attached hydrogens (tertiary/aromatic N) is 3. The second kappa shape index (κ2) is 3.98. The van der Waals surface area contributed by atoms with Crippen molar-refractivity contribution < 1.29 is 4.39 Å². The van der Waals surface area contributed by atoms with Crippen LogP contribution in [-0.2, 0) is 5.88 Å². The molecule has 0 aliphatic rings. The Balaban J connectivity index is 2.57. The Labute approximate surface area is 91.5 Å². The summed E-state index contributed by atoms with van der Waals surface area (Å²) in [6.45, 7) is 1.80. The number of hydrogen-bond donors (Lipinski definition) is 0. The summed E-state index contributed by atoms with van der Waals surface area (Å²) in [6.07, 6.45) is 0. The van der Waals surface area contributed by atoms with Crippen LogP contribution < -0.4 is 0 Å². The van der Waals surface area contributed by atoms with Crippen molar-refractivity contribution in [3.05, 3.63) is 41.7 Å². The molecule has 3 nitrogen and oxygen atoms in total. The fraction of sp³-hybridized carbons (Fsp3) is 0.200. The third-order valence-electron chi connectivity index (χ3n) is 2.08. The highest BCUT2D eigenvalue weighted by molar-refractivity contribution is 6.16. The molecular weight excluding hydrogens is 217 g/mol. The monoisotopic (exact) mass is 225 g/mol. The lowest BCUT2D eigenvalue weighted by Gasteiger charge is -2.06. The van der Waals surface area contributed by atoms with Gasteiger partial charge in [0.2, 0.25) is 0 Å². The quantitative estimate of drug-likeness (QED) is 0.735. The normalized spacial score (nSPS) is 10.6. The molecule has 0 saturated carbocycles. The van der Waals surface area contributed by atoms with Crippen molar-refractivity contribution in [3.63, 3.8) is 0 Å². The predicted octanol–water partition coefficient (Wildman–Crippen LogP) is 2.45. The smallest absolute Gasteiger partial charge is 0.152 e. The van der Waals surface area contributed by atoms with Gasteiger partial charge in [-0.2, -0.15) is 0 Å². The van der Waals surface area contributed by atoms with Crippen LogP contribution >= 0.6 is 11.6 Å². The molecule has 0 unspecified atom stereocenters. The second-order valence-electron chi connectivity index (χ2n) is 3.11. The second-order valence-corrected chi connectivity index (χ2v) is 3.38. The van der Waals surface area contributed by atoms with Crippen molar-refractivity contribution >= 4 is 11.6 Å². The maximum atomic E-state index is 13.0. The number of rotatable bonds is 2. The summed E-state index contributed by atoms with van der Waals surface area (Å²) in [5.74, 6) is 1.26. The van der Waals surface area contributed by atoms with Crippen LogP contribution in [0.15, 0.2) is 24.3 Å². The van der Waals surface area contributed by atoms with Gasteiger partial charge >= 0.3 is 0 Å². The molecule has 0 amide bonds. The highest BCUT2D eigenvalue weighted by Crippen LogP contribution is 2.15. The molecule has 0 aliphatic heterocycles. The van der Waals surface area contributed by atoms with Gasteiger partial charge < -0.3 is 0 Å². The molecule has 5 heteroatoms. The van der Waals surface area contributed by atoms with Gasteiger partial charge in [0.1, 0.15) is 11.6 Å². The molecule has 0 radical (unpaired) electrons. The minimum atomic E-state index is -0.291. The van der Waals surface area contributed by atoms with Gasteiger partial charge in [0.25, 0.3) is 0 Å². The number of aryl methyl sites for hydroxylation is 1. The van der Waals surface area contributed by atoms with E-state index in [1.54, 1.807) is 23.6 Å². The van der Waals surface area contributed by atoms with E-state index >= 15 is 0 Å². The van der Waals surface area contributed by atoms with Crippen molar-refractivity contribution in [2.24, 2.45) is 0 Å². The predicted molar refractivity (Wildman–Crippen MR) is 55.6 cm³/mol. The first-order valence-corrected chi connectivity index (χ1v) is 4.98. The molecule has 0 bridgehead atoms. The number of hydrogen-bond acceptors (Lipinski definition) is 2. The maximum absolute atomic E-state index is 13.0. The largest absolute Gasteiger partial charge is 0.282 e. The fourth-order valence-corrected chi connectivity index (χ4v) is 1.62. The first-order valence-electron chi connectivity index (χ1n) is 4.45. The van der Waals surface area contributed by atoms with Crippen LogP contribution in [0.2, 0.25) is 0 Å². The Morgan fingerprint density at radius 3 is 2.87 bits per heavy atom. The molecule has 0 saturated heterocycles. The number of alkyl halides is 1. The SMILES string of the molecule is Cc1nnc(CCl)n1-c1cccc(F)c1.